The lowest BCUT2D eigenvalue weighted by Crippen LogP contribution is -2.36. The van der Waals surface area contributed by atoms with E-state index in [2.05, 4.69) is 19.2 Å². The minimum atomic E-state index is 0.185. The monoisotopic (exact) mass is 145 g/mol. The summed E-state index contributed by atoms with van der Waals surface area (Å²) < 4.78 is 5.07. The van der Waals surface area contributed by atoms with Crippen LogP contribution in [0.1, 0.15) is 33.6 Å². The Hall–Kier alpha value is -0.0800. The van der Waals surface area contributed by atoms with Gasteiger partial charge in [0.25, 0.3) is 0 Å². The van der Waals surface area contributed by atoms with Gasteiger partial charge in [-0.3, -0.25) is 5.32 Å². The lowest BCUT2D eigenvalue weighted by molar-refractivity contribution is 0.0770. The molecule has 0 saturated carbocycles. The molecule has 0 aliphatic carbocycles. The molecule has 2 heteroatoms. The third-order valence-electron chi connectivity index (χ3n) is 1.81. The Morgan fingerprint density at radius 1 is 1.30 bits per heavy atom. The number of nitrogens with one attached hydrogen (secondary N) is 1. The summed E-state index contributed by atoms with van der Waals surface area (Å²) in [7, 11) is 1.72. The van der Waals surface area contributed by atoms with Crippen molar-refractivity contribution in [3.63, 3.8) is 0 Å². The largest absolute Gasteiger partial charge is 0.367 e. The molecule has 1 unspecified atom stereocenters. The predicted molar refractivity (Wildman–Crippen MR) is 44.0 cm³/mol. The summed E-state index contributed by atoms with van der Waals surface area (Å²) in [6.07, 6.45) is 2.53. The van der Waals surface area contributed by atoms with Crippen LogP contribution >= 0.6 is 0 Å². The second kappa shape index (κ2) is 5.69. The minimum Gasteiger partial charge on any atom is -0.367 e. The number of rotatable bonds is 5. The van der Waals surface area contributed by atoms with Gasteiger partial charge in [-0.25, -0.2) is 0 Å². The van der Waals surface area contributed by atoms with Crippen molar-refractivity contribution in [2.24, 2.45) is 0 Å². The molecule has 2 nitrogen and oxygen atoms in total. The van der Waals surface area contributed by atoms with E-state index in [1.165, 1.54) is 12.8 Å². The molecule has 0 spiro atoms. The molecular weight excluding hydrogens is 126 g/mol. The normalized spacial score (nSPS) is 14.1. The van der Waals surface area contributed by atoms with Crippen LogP contribution in [0.4, 0.5) is 0 Å². The first-order valence-electron chi connectivity index (χ1n) is 4.03. The van der Waals surface area contributed by atoms with Gasteiger partial charge in [0, 0.05) is 13.2 Å². The highest BCUT2D eigenvalue weighted by molar-refractivity contribution is 4.62. The zero-order valence-corrected chi connectivity index (χ0v) is 7.48. The molecule has 10 heavy (non-hydrogen) atoms. The van der Waals surface area contributed by atoms with Crippen molar-refractivity contribution in [2.75, 3.05) is 7.11 Å². The van der Waals surface area contributed by atoms with Gasteiger partial charge in [-0.15, -0.1) is 0 Å². The highest BCUT2D eigenvalue weighted by atomic mass is 16.5. The van der Waals surface area contributed by atoms with Crippen molar-refractivity contribution >= 4 is 0 Å². The molecule has 0 aliphatic rings. The zero-order chi connectivity index (χ0) is 7.98. The first-order chi connectivity index (χ1) is 4.74. The average molecular weight is 145 g/mol. The van der Waals surface area contributed by atoms with E-state index in [9.17, 15) is 0 Å². The molecule has 0 saturated heterocycles. The van der Waals surface area contributed by atoms with Gasteiger partial charge in [-0.1, -0.05) is 13.8 Å². The second-order valence-corrected chi connectivity index (χ2v) is 2.56. The first kappa shape index (κ1) is 9.92. The topological polar surface area (TPSA) is 21.3 Å². The summed E-state index contributed by atoms with van der Waals surface area (Å²) in [4.78, 5) is 0. The molecule has 0 aromatic heterocycles. The van der Waals surface area contributed by atoms with Crippen LogP contribution in [0.3, 0.4) is 0 Å². The highest BCUT2D eigenvalue weighted by Gasteiger charge is 2.05. The molecule has 0 aromatic rings. The summed E-state index contributed by atoms with van der Waals surface area (Å²) in [5, 5.41) is 3.34. The number of hydrogen-bond donors (Lipinski definition) is 1. The fourth-order valence-electron chi connectivity index (χ4n) is 0.924. The van der Waals surface area contributed by atoms with Gasteiger partial charge in [-0.05, 0) is 19.8 Å². The Bertz CT molecular complexity index is 71.7. The predicted octanol–water partition coefficient (Wildman–Crippen LogP) is 1.76. The van der Waals surface area contributed by atoms with E-state index in [0.29, 0.717) is 6.04 Å². The average Bonchev–Trinajstić information content (AvgIpc) is 1.99. The SMILES string of the molecule is CCC(CC)NC(C)OC. The summed E-state index contributed by atoms with van der Waals surface area (Å²) in [6.45, 7) is 6.39. The Kier molecular flexibility index (Phi) is 5.64. The molecule has 0 radical (unpaired) electrons. The van der Waals surface area contributed by atoms with Crippen LogP contribution in [0.2, 0.25) is 0 Å². The molecule has 0 aliphatic heterocycles. The molecule has 0 fully saturated rings. The van der Waals surface area contributed by atoms with Crippen LogP contribution in [0.25, 0.3) is 0 Å². The van der Waals surface area contributed by atoms with Crippen molar-refractivity contribution < 1.29 is 4.74 Å². The summed E-state index contributed by atoms with van der Waals surface area (Å²) in [5.74, 6) is 0. The lowest BCUT2D eigenvalue weighted by atomic mass is 10.2. The molecule has 0 rings (SSSR count). The molecular formula is C8H19NO. The Morgan fingerprint density at radius 2 is 1.80 bits per heavy atom. The Balaban J connectivity index is 3.41. The maximum atomic E-state index is 5.07. The number of hydrogen-bond acceptors (Lipinski definition) is 2. The van der Waals surface area contributed by atoms with Crippen LogP contribution in [0.5, 0.6) is 0 Å². The Labute approximate surface area is 64.0 Å². The van der Waals surface area contributed by atoms with Gasteiger partial charge in [0.05, 0.1) is 0 Å². The number of methoxy groups -OCH3 is 1. The smallest absolute Gasteiger partial charge is 0.105 e. The minimum absolute atomic E-state index is 0.185. The van der Waals surface area contributed by atoms with Crippen LogP contribution in [-0.4, -0.2) is 19.4 Å². The van der Waals surface area contributed by atoms with Crippen LogP contribution < -0.4 is 5.32 Å². The second-order valence-electron chi connectivity index (χ2n) is 2.56. The summed E-state index contributed by atoms with van der Waals surface area (Å²) in [5.41, 5.74) is 0. The molecule has 0 amide bonds. The van der Waals surface area contributed by atoms with Crippen molar-refractivity contribution in [3.05, 3.63) is 0 Å². The van der Waals surface area contributed by atoms with Crippen LogP contribution in [0, 0.1) is 0 Å². The van der Waals surface area contributed by atoms with Crippen molar-refractivity contribution in [1.29, 1.82) is 0 Å². The summed E-state index contributed by atoms with van der Waals surface area (Å²) >= 11 is 0. The van der Waals surface area contributed by atoms with E-state index in [1.807, 2.05) is 6.92 Å². The standard InChI is InChI=1S/C8H19NO/c1-5-8(6-2)9-7(3)10-4/h7-9H,5-6H2,1-4H3. The fraction of sp³-hybridized carbons (Fsp3) is 1.00. The van der Waals surface area contributed by atoms with Gasteiger partial charge >= 0.3 is 0 Å². The van der Waals surface area contributed by atoms with Gasteiger partial charge < -0.3 is 4.74 Å². The van der Waals surface area contributed by atoms with Gasteiger partial charge in [0.2, 0.25) is 0 Å². The van der Waals surface area contributed by atoms with Crippen molar-refractivity contribution in [3.8, 4) is 0 Å². The fourth-order valence-corrected chi connectivity index (χ4v) is 0.924. The Morgan fingerprint density at radius 3 is 2.10 bits per heavy atom. The molecule has 62 valence electrons. The van der Waals surface area contributed by atoms with E-state index in [0.717, 1.165) is 0 Å². The first-order valence-corrected chi connectivity index (χ1v) is 4.03. The molecule has 0 heterocycles. The van der Waals surface area contributed by atoms with Crippen LogP contribution in [0.15, 0.2) is 0 Å². The maximum absolute atomic E-state index is 5.07. The number of ether oxygens (including phenoxy) is 1. The zero-order valence-electron chi connectivity index (χ0n) is 7.48. The van der Waals surface area contributed by atoms with E-state index in [4.69, 9.17) is 4.74 Å². The molecule has 0 aromatic carbocycles. The lowest BCUT2D eigenvalue weighted by Gasteiger charge is -2.19. The maximum Gasteiger partial charge on any atom is 0.105 e. The molecule has 1 atom stereocenters. The van der Waals surface area contributed by atoms with Crippen molar-refractivity contribution in [2.45, 2.75) is 45.9 Å². The van der Waals surface area contributed by atoms with E-state index < -0.39 is 0 Å². The summed E-state index contributed by atoms with van der Waals surface area (Å²) in [6, 6.07) is 0.606. The van der Waals surface area contributed by atoms with Gasteiger partial charge in [0.1, 0.15) is 6.23 Å². The highest BCUT2D eigenvalue weighted by Crippen LogP contribution is 1.97. The molecule has 0 bridgehead atoms. The van der Waals surface area contributed by atoms with Crippen molar-refractivity contribution in [1.82, 2.24) is 5.32 Å². The third kappa shape index (κ3) is 3.85. The van der Waals surface area contributed by atoms with Crippen LogP contribution in [-0.2, 0) is 4.74 Å². The van der Waals surface area contributed by atoms with E-state index >= 15 is 0 Å². The van der Waals surface area contributed by atoms with E-state index in [1.54, 1.807) is 7.11 Å². The quantitative estimate of drug-likeness (QED) is 0.595. The third-order valence-corrected chi connectivity index (χ3v) is 1.81. The van der Waals surface area contributed by atoms with Gasteiger partial charge in [-0.2, -0.15) is 0 Å². The van der Waals surface area contributed by atoms with Gasteiger partial charge in [0.15, 0.2) is 0 Å². The molecule has 1 N–H and O–H groups in total. The van der Waals surface area contributed by atoms with E-state index in [-0.39, 0.29) is 6.23 Å².